The Labute approximate surface area is 142 Å². The number of nitrogens with one attached hydrogen (secondary N) is 1. The monoisotopic (exact) mass is 372 g/mol. The van der Waals surface area contributed by atoms with Crippen LogP contribution in [0, 0.1) is 5.92 Å². The summed E-state index contributed by atoms with van der Waals surface area (Å²) in [6.07, 6.45) is 2.39. The lowest BCUT2D eigenvalue weighted by atomic mass is 9.93. The van der Waals surface area contributed by atoms with Crippen molar-refractivity contribution in [3.63, 3.8) is 0 Å². The normalized spacial score (nSPS) is 25.0. The summed E-state index contributed by atoms with van der Waals surface area (Å²) >= 11 is 9.89. The van der Waals surface area contributed by atoms with Gasteiger partial charge in [0.15, 0.2) is 0 Å². The first-order valence-electron chi connectivity index (χ1n) is 7.96. The van der Waals surface area contributed by atoms with Crippen LogP contribution in [-0.4, -0.2) is 30.1 Å². The van der Waals surface area contributed by atoms with Crippen molar-refractivity contribution in [1.82, 2.24) is 10.2 Å². The first-order chi connectivity index (χ1) is 10.0. The molecule has 0 spiro atoms. The molecule has 0 saturated carbocycles. The van der Waals surface area contributed by atoms with Crippen LogP contribution in [0.15, 0.2) is 22.7 Å². The quantitative estimate of drug-likeness (QED) is 0.804. The Kier molecular flexibility index (Phi) is 6.54. The molecule has 0 aliphatic carbocycles. The van der Waals surface area contributed by atoms with Gasteiger partial charge in [-0.1, -0.05) is 60.8 Å². The maximum Gasteiger partial charge on any atom is 0.0462 e. The van der Waals surface area contributed by atoms with E-state index in [0.717, 1.165) is 29.1 Å². The third kappa shape index (κ3) is 4.44. The fourth-order valence-electron chi connectivity index (χ4n) is 3.06. The van der Waals surface area contributed by atoms with Crippen LogP contribution < -0.4 is 5.32 Å². The van der Waals surface area contributed by atoms with Gasteiger partial charge in [0.05, 0.1) is 0 Å². The molecular weight excluding hydrogens is 348 g/mol. The molecule has 1 aliphatic heterocycles. The van der Waals surface area contributed by atoms with Gasteiger partial charge in [-0.3, -0.25) is 4.90 Å². The van der Waals surface area contributed by atoms with Crippen LogP contribution in [0.25, 0.3) is 0 Å². The molecular formula is C17H26BrClN2. The van der Waals surface area contributed by atoms with Crippen LogP contribution in [0.3, 0.4) is 0 Å². The summed E-state index contributed by atoms with van der Waals surface area (Å²) in [6, 6.07) is 7.41. The minimum Gasteiger partial charge on any atom is -0.311 e. The van der Waals surface area contributed by atoms with E-state index in [2.05, 4.69) is 59.1 Å². The predicted molar refractivity (Wildman–Crippen MR) is 94.9 cm³/mol. The van der Waals surface area contributed by atoms with Gasteiger partial charge in [0, 0.05) is 41.2 Å². The molecule has 3 unspecified atom stereocenters. The van der Waals surface area contributed by atoms with E-state index in [1.807, 2.05) is 6.07 Å². The highest BCUT2D eigenvalue weighted by molar-refractivity contribution is 9.10. The minimum absolute atomic E-state index is 0.595. The van der Waals surface area contributed by atoms with Gasteiger partial charge in [-0.2, -0.15) is 0 Å². The van der Waals surface area contributed by atoms with Crippen LogP contribution in [0.1, 0.15) is 39.2 Å². The Morgan fingerprint density at radius 3 is 2.81 bits per heavy atom. The van der Waals surface area contributed by atoms with Crippen molar-refractivity contribution < 1.29 is 0 Å². The van der Waals surface area contributed by atoms with E-state index >= 15 is 0 Å². The van der Waals surface area contributed by atoms with Crippen LogP contribution in [0.4, 0.5) is 0 Å². The number of nitrogens with zero attached hydrogens (tertiary/aromatic N) is 1. The third-order valence-corrected chi connectivity index (χ3v) is 5.57. The van der Waals surface area contributed by atoms with Crippen molar-refractivity contribution in [2.24, 2.45) is 5.92 Å². The van der Waals surface area contributed by atoms with Crippen molar-refractivity contribution in [1.29, 1.82) is 0 Å². The maximum atomic E-state index is 6.41. The third-order valence-electron chi connectivity index (χ3n) is 4.72. The molecule has 4 heteroatoms. The van der Waals surface area contributed by atoms with E-state index in [1.54, 1.807) is 0 Å². The van der Waals surface area contributed by atoms with E-state index in [9.17, 15) is 0 Å². The Morgan fingerprint density at radius 2 is 2.19 bits per heavy atom. The molecule has 21 heavy (non-hydrogen) atoms. The van der Waals surface area contributed by atoms with Gasteiger partial charge in [-0.25, -0.2) is 0 Å². The Balaban J connectivity index is 2.15. The molecule has 1 fully saturated rings. The lowest BCUT2D eigenvalue weighted by molar-refractivity contribution is 0.0833. The molecule has 0 bridgehead atoms. The minimum atomic E-state index is 0.595. The van der Waals surface area contributed by atoms with Gasteiger partial charge in [0.25, 0.3) is 0 Å². The number of hydrogen-bond acceptors (Lipinski definition) is 2. The topological polar surface area (TPSA) is 15.3 Å². The molecule has 118 valence electrons. The van der Waals surface area contributed by atoms with Gasteiger partial charge in [-0.05, 0) is 30.0 Å². The number of rotatable bonds is 5. The fourth-order valence-corrected chi connectivity index (χ4v) is 3.79. The Morgan fingerprint density at radius 1 is 1.43 bits per heavy atom. The SMILES string of the molecule is CCC1CN(Cc2ccc(Br)cc2Cl)C(C(C)CC)CN1. The first-order valence-corrected chi connectivity index (χ1v) is 9.13. The molecule has 2 nitrogen and oxygen atoms in total. The number of piperazine rings is 1. The van der Waals surface area contributed by atoms with Crippen molar-refractivity contribution in [2.45, 2.75) is 52.2 Å². The van der Waals surface area contributed by atoms with E-state index in [-0.39, 0.29) is 0 Å². The zero-order valence-electron chi connectivity index (χ0n) is 13.2. The lowest BCUT2D eigenvalue weighted by Crippen LogP contribution is -2.57. The summed E-state index contributed by atoms with van der Waals surface area (Å²) in [5.41, 5.74) is 1.23. The van der Waals surface area contributed by atoms with Crippen LogP contribution in [-0.2, 0) is 6.54 Å². The molecule has 1 aliphatic rings. The molecule has 1 saturated heterocycles. The van der Waals surface area contributed by atoms with Gasteiger partial charge in [-0.15, -0.1) is 0 Å². The molecule has 0 radical (unpaired) electrons. The summed E-state index contributed by atoms with van der Waals surface area (Å²) in [5.74, 6) is 0.699. The van der Waals surface area contributed by atoms with Crippen molar-refractivity contribution in [2.75, 3.05) is 13.1 Å². The number of halogens is 2. The first kappa shape index (κ1) is 17.3. The summed E-state index contributed by atoms with van der Waals surface area (Å²) in [7, 11) is 0. The van der Waals surface area contributed by atoms with Crippen molar-refractivity contribution in [3.8, 4) is 0 Å². The Hall–Kier alpha value is -0.0900. The van der Waals surface area contributed by atoms with Crippen LogP contribution in [0.5, 0.6) is 0 Å². The summed E-state index contributed by atoms with van der Waals surface area (Å²) in [5, 5.41) is 4.55. The molecule has 1 heterocycles. The highest BCUT2D eigenvalue weighted by Crippen LogP contribution is 2.26. The van der Waals surface area contributed by atoms with E-state index in [4.69, 9.17) is 11.6 Å². The molecule has 1 aromatic rings. The molecule has 1 aromatic carbocycles. The van der Waals surface area contributed by atoms with E-state index in [0.29, 0.717) is 18.0 Å². The second kappa shape index (κ2) is 7.96. The molecule has 2 rings (SSSR count). The average molecular weight is 374 g/mol. The van der Waals surface area contributed by atoms with Crippen LogP contribution >= 0.6 is 27.5 Å². The Bertz CT molecular complexity index is 466. The molecule has 0 amide bonds. The summed E-state index contributed by atoms with van der Waals surface area (Å²) in [4.78, 5) is 2.62. The van der Waals surface area contributed by atoms with Crippen molar-refractivity contribution >= 4 is 27.5 Å². The second-order valence-electron chi connectivity index (χ2n) is 6.13. The summed E-state index contributed by atoms with van der Waals surface area (Å²) < 4.78 is 1.04. The van der Waals surface area contributed by atoms with E-state index < -0.39 is 0 Å². The van der Waals surface area contributed by atoms with Crippen molar-refractivity contribution in [3.05, 3.63) is 33.3 Å². The largest absolute Gasteiger partial charge is 0.311 e. The lowest BCUT2D eigenvalue weighted by Gasteiger charge is -2.43. The maximum absolute atomic E-state index is 6.41. The van der Waals surface area contributed by atoms with Gasteiger partial charge in [0.1, 0.15) is 0 Å². The average Bonchev–Trinajstić information content (AvgIpc) is 2.49. The van der Waals surface area contributed by atoms with E-state index in [1.165, 1.54) is 18.4 Å². The zero-order chi connectivity index (χ0) is 15.4. The van der Waals surface area contributed by atoms with Crippen LogP contribution in [0.2, 0.25) is 5.02 Å². The highest BCUT2D eigenvalue weighted by atomic mass is 79.9. The second-order valence-corrected chi connectivity index (χ2v) is 7.45. The standard InChI is InChI=1S/C17H26BrClN2/c1-4-12(3)17-9-20-15(5-2)11-21(17)10-13-6-7-14(18)8-16(13)19/h6-8,12,15,17,20H,4-5,9-11H2,1-3H3. The van der Waals surface area contributed by atoms with Gasteiger partial charge in [0.2, 0.25) is 0 Å². The zero-order valence-corrected chi connectivity index (χ0v) is 15.5. The smallest absolute Gasteiger partial charge is 0.0462 e. The predicted octanol–water partition coefficient (Wildman–Crippen LogP) is 4.70. The molecule has 3 atom stereocenters. The van der Waals surface area contributed by atoms with Gasteiger partial charge < -0.3 is 5.32 Å². The number of hydrogen-bond donors (Lipinski definition) is 1. The van der Waals surface area contributed by atoms with Gasteiger partial charge >= 0.3 is 0 Å². The highest BCUT2D eigenvalue weighted by Gasteiger charge is 2.30. The number of benzene rings is 1. The summed E-state index contributed by atoms with van der Waals surface area (Å²) in [6.45, 7) is 10.0. The fraction of sp³-hybridized carbons (Fsp3) is 0.647. The molecule has 1 N–H and O–H groups in total. The molecule has 0 aromatic heterocycles.